The predicted molar refractivity (Wildman–Crippen MR) is 231 cm³/mol. The van der Waals surface area contributed by atoms with Crippen LogP contribution >= 0.6 is 0 Å². The standard InChI is InChI=1S/C47H76N2O7/c1-3-5-7-9-11-13-14-15-16-17-18-19-20-21-22-23-25-31-35-39-46(53)56-42(36-32-28-24-12-10-8-6-4-2)37-33-29-26-27-30-34-38-44(51)48-40-45(52)49-43(41-50)47(54)55/h5,7,11-13,15-16,18-19,21-22,24,32,36,42-43,50H,3-4,6,8-10,14,17,20,23,25-31,33-35,37-41H2,1-2H3,(H,48,51)(H,49,52)(H,54,55)/b7-5-,13-11-,16-15-,19-18-,22-21-,24-12-,36-32-. The number of carbonyl (C=O) groups excluding carboxylic acids is 3. The first-order valence-corrected chi connectivity index (χ1v) is 21.5. The molecule has 0 aromatic rings. The van der Waals surface area contributed by atoms with E-state index in [1.807, 2.05) is 6.08 Å². The van der Waals surface area contributed by atoms with Crippen LogP contribution in [0.25, 0.3) is 0 Å². The average Bonchev–Trinajstić information content (AvgIpc) is 3.18. The Kier molecular flexibility index (Phi) is 37.8. The number of hydrogen-bond donors (Lipinski definition) is 4. The van der Waals surface area contributed by atoms with Gasteiger partial charge in [0.2, 0.25) is 11.8 Å². The number of ether oxygens (including phenoxy) is 1. The monoisotopic (exact) mass is 781 g/mol. The zero-order chi connectivity index (χ0) is 41.2. The van der Waals surface area contributed by atoms with Crippen LogP contribution in [-0.2, 0) is 23.9 Å². The third-order valence-electron chi connectivity index (χ3n) is 8.86. The fourth-order valence-electron chi connectivity index (χ4n) is 5.57. The van der Waals surface area contributed by atoms with E-state index in [0.717, 1.165) is 109 Å². The topological polar surface area (TPSA) is 142 Å². The SMILES string of the molecule is CC/C=C\C/C=C\C/C=C\C/C=C\C/C=C\CCCCCC(=O)OC(/C=C\C/C=C\CCCCC)CCCCCCCCC(=O)NCC(=O)NC(CO)C(=O)O. The van der Waals surface area contributed by atoms with E-state index in [1.165, 1.54) is 19.3 Å². The van der Waals surface area contributed by atoms with E-state index in [9.17, 15) is 19.2 Å². The first-order chi connectivity index (χ1) is 27.3. The lowest BCUT2D eigenvalue weighted by molar-refractivity contribution is -0.147. The van der Waals surface area contributed by atoms with Crippen molar-refractivity contribution in [3.05, 3.63) is 85.1 Å². The Bertz CT molecular complexity index is 1210. The number of hydrogen-bond acceptors (Lipinski definition) is 6. The average molecular weight is 781 g/mol. The Morgan fingerprint density at radius 2 is 1.07 bits per heavy atom. The molecule has 0 fully saturated rings. The molecule has 0 saturated heterocycles. The molecule has 0 rings (SSSR count). The van der Waals surface area contributed by atoms with Gasteiger partial charge in [-0.3, -0.25) is 14.4 Å². The van der Waals surface area contributed by atoms with Gasteiger partial charge in [0.15, 0.2) is 0 Å². The first-order valence-electron chi connectivity index (χ1n) is 21.5. The number of aliphatic hydroxyl groups is 1. The van der Waals surface area contributed by atoms with Crippen molar-refractivity contribution < 1.29 is 34.1 Å². The Balaban J connectivity index is 4.32. The smallest absolute Gasteiger partial charge is 0.328 e. The molecule has 4 N–H and O–H groups in total. The molecule has 0 bridgehead atoms. The number of carbonyl (C=O) groups is 4. The van der Waals surface area contributed by atoms with Crippen LogP contribution in [0.4, 0.5) is 0 Å². The molecule has 56 heavy (non-hydrogen) atoms. The normalized spacial score (nSPS) is 13.3. The largest absolute Gasteiger partial charge is 0.480 e. The third kappa shape index (κ3) is 37.0. The number of esters is 1. The number of amides is 2. The molecule has 0 heterocycles. The van der Waals surface area contributed by atoms with E-state index in [-0.39, 0.29) is 30.9 Å². The summed E-state index contributed by atoms with van der Waals surface area (Å²) in [4.78, 5) is 47.4. The molecule has 0 aliphatic rings. The summed E-state index contributed by atoms with van der Waals surface area (Å²) in [5.74, 6) is -2.40. The first kappa shape index (κ1) is 52.0. The van der Waals surface area contributed by atoms with Gasteiger partial charge >= 0.3 is 11.9 Å². The molecule has 0 aromatic carbocycles. The van der Waals surface area contributed by atoms with E-state index in [0.29, 0.717) is 12.8 Å². The molecular weight excluding hydrogens is 705 g/mol. The molecule has 0 aliphatic carbocycles. The summed E-state index contributed by atoms with van der Waals surface area (Å²) in [5.41, 5.74) is 0. The van der Waals surface area contributed by atoms with Crippen molar-refractivity contribution in [2.75, 3.05) is 13.2 Å². The number of rotatable bonds is 37. The highest BCUT2D eigenvalue weighted by Crippen LogP contribution is 2.15. The summed E-state index contributed by atoms with van der Waals surface area (Å²) < 4.78 is 5.90. The van der Waals surface area contributed by atoms with Gasteiger partial charge in [-0.15, -0.1) is 0 Å². The third-order valence-corrected chi connectivity index (χ3v) is 8.86. The van der Waals surface area contributed by atoms with Gasteiger partial charge in [0.05, 0.1) is 13.2 Å². The van der Waals surface area contributed by atoms with Gasteiger partial charge in [0, 0.05) is 12.8 Å². The van der Waals surface area contributed by atoms with Crippen LogP contribution < -0.4 is 10.6 Å². The highest BCUT2D eigenvalue weighted by Gasteiger charge is 2.18. The van der Waals surface area contributed by atoms with Crippen molar-refractivity contribution in [1.29, 1.82) is 0 Å². The van der Waals surface area contributed by atoms with E-state index in [2.05, 4.69) is 103 Å². The van der Waals surface area contributed by atoms with Gasteiger partial charge in [-0.05, 0) is 96.0 Å². The molecule has 9 heteroatoms. The summed E-state index contributed by atoms with van der Waals surface area (Å²) >= 11 is 0. The van der Waals surface area contributed by atoms with Crippen LogP contribution in [0.1, 0.15) is 162 Å². The van der Waals surface area contributed by atoms with Crippen LogP contribution in [0, 0.1) is 0 Å². The Morgan fingerprint density at radius 3 is 1.64 bits per heavy atom. The number of aliphatic carboxylic acids is 1. The van der Waals surface area contributed by atoms with Gasteiger partial charge in [0.25, 0.3) is 0 Å². The predicted octanol–water partition coefficient (Wildman–Crippen LogP) is 10.5. The fraction of sp³-hybridized carbons (Fsp3) is 0.617. The van der Waals surface area contributed by atoms with Gasteiger partial charge in [-0.2, -0.15) is 0 Å². The fourth-order valence-corrected chi connectivity index (χ4v) is 5.57. The van der Waals surface area contributed by atoms with E-state index >= 15 is 0 Å². The Labute approximate surface area is 339 Å². The second-order valence-electron chi connectivity index (χ2n) is 14.0. The van der Waals surface area contributed by atoms with E-state index in [1.54, 1.807) is 0 Å². The summed E-state index contributed by atoms with van der Waals surface area (Å²) in [5, 5.41) is 22.5. The zero-order valence-electron chi connectivity index (χ0n) is 34.9. The van der Waals surface area contributed by atoms with Gasteiger partial charge in [-0.1, -0.05) is 138 Å². The van der Waals surface area contributed by atoms with E-state index in [4.69, 9.17) is 14.9 Å². The molecule has 9 nitrogen and oxygen atoms in total. The maximum Gasteiger partial charge on any atom is 0.328 e. The zero-order valence-corrected chi connectivity index (χ0v) is 34.9. The highest BCUT2D eigenvalue weighted by molar-refractivity contribution is 5.87. The number of nitrogens with one attached hydrogen (secondary N) is 2. The molecule has 316 valence electrons. The number of allylic oxidation sites excluding steroid dienone is 13. The molecule has 0 spiro atoms. The van der Waals surface area contributed by atoms with Crippen LogP contribution in [0.3, 0.4) is 0 Å². The minimum atomic E-state index is -1.39. The second-order valence-corrected chi connectivity index (χ2v) is 14.0. The molecule has 0 aliphatic heterocycles. The summed E-state index contributed by atoms with van der Waals surface area (Å²) in [6.45, 7) is 3.31. The van der Waals surface area contributed by atoms with Crippen molar-refractivity contribution in [3.8, 4) is 0 Å². The minimum Gasteiger partial charge on any atom is -0.480 e. The van der Waals surface area contributed by atoms with Crippen LogP contribution in [0.2, 0.25) is 0 Å². The molecule has 2 amide bonds. The lowest BCUT2D eigenvalue weighted by Crippen LogP contribution is -2.47. The molecule has 0 aromatic heterocycles. The maximum atomic E-state index is 12.7. The second kappa shape index (κ2) is 40.7. The van der Waals surface area contributed by atoms with Crippen molar-refractivity contribution in [2.24, 2.45) is 0 Å². The molecule has 0 radical (unpaired) electrons. The number of unbranched alkanes of at least 4 members (excludes halogenated alkanes) is 11. The lowest BCUT2D eigenvalue weighted by atomic mass is 10.1. The number of aliphatic hydroxyl groups excluding tert-OH is 1. The molecule has 2 unspecified atom stereocenters. The van der Waals surface area contributed by atoms with Crippen molar-refractivity contribution in [3.63, 3.8) is 0 Å². The van der Waals surface area contributed by atoms with Crippen LogP contribution in [0.5, 0.6) is 0 Å². The number of carboxylic acid groups (broad SMARTS) is 1. The lowest BCUT2D eigenvalue weighted by Gasteiger charge is -2.14. The summed E-state index contributed by atoms with van der Waals surface area (Å²) in [7, 11) is 0. The summed E-state index contributed by atoms with van der Waals surface area (Å²) in [6, 6.07) is -1.39. The van der Waals surface area contributed by atoms with Crippen LogP contribution in [-0.4, -0.2) is 59.3 Å². The Morgan fingerprint density at radius 1 is 0.571 bits per heavy atom. The van der Waals surface area contributed by atoms with Gasteiger partial charge in [-0.25, -0.2) is 4.79 Å². The highest BCUT2D eigenvalue weighted by atomic mass is 16.5. The van der Waals surface area contributed by atoms with Crippen molar-refractivity contribution >= 4 is 23.8 Å². The van der Waals surface area contributed by atoms with Gasteiger partial charge < -0.3 is 25.6 Å². The van der Waals surface area contributed by atoms with Crippen molar-refractivity contribution in [1.82, 2.24) is 10.6 Å². The van der Waals surface area contributed by atoms with Gasteiger partial charge in [0.1, 0.15) is 12.1 Å². The molecular formula is C47H76N2O7. The Hall–Kier alpha value is -3.98. The minimum absolute atomic E-state index is 0.129. The number of carboxylic acids is 1. The molecule has 2 atom stereocenters. The van der Waals surface area contributed by atoms with Crippen LogP contribution in [0.15, 0.2) is 85.1 Å². The maximum absolute atomic E-state index is 12.7. The molecule has 0 saturated carbocycles. The van der Waals surface area contributed by atoms with E-state index < -0.39 is 24.5 Å². The summed E-state index contributed by atoms with van der Waals surface area (Å²) in [6.07, 6.45) is 52.0. The van der Waals surface area contributed by atoms with Crippen molar-refractivity contribution in [2.45, 2.75) is 174 Å². The quantitative estimate of drug-likeness (QED) is 0.0279.